The van der Waals surface area contributed by atoms with Crippen molar-refractivity contribution < 1.29 is 13.2 Å². The second-order valence-corrected chi connectivity index (χ2v) is 7.09. The molecule has 104 valence electrons. The standard InChI is InChI=1S/C14H19NO3S/c1-2-19(17,18)13-5-3-11(4-6-13)14(16)12-7-9-15-10-8-12/h3-6,12,15H,2,7-10H2,1H3. The van der Waals surface area contributed by atoms with E-state index in [1.807, 2.05) is 0 Å². The molecule has 19 heavy (non-hydrogen) atoms. The van der Waals surface area contributed by atoms with Crippen LogP contribution in [0.5, 0.6) is 0 Å². The summed E-state index contributed by atoms with van der Waals surface area (Å²) in [6, 6.07) is 6.33. The Balaban J connectivity index is 2.16. The van der Waals surface area contributed by atoms with Crippen molar-refractivity contribution in [2.24, 2.45) is 5.92 Å². The molecule has 1 aliphatic heterocycles. The summed E-state index contributed by atoms with van der Waals surface area (Å²) in [5.41, 5.74) is 0.613. The van der Waals surface area contributed by atoms with Crippen LogP contribution in [0.4, 0.5) is 0 Å². The molecule has 0 radical (unpaired) electrons. The first kappa shape index (κ1) is 14.2. The highest BCUT2D eigenvalue weighted by Gasteiger charge is 2.22. The average molecular weight is 281 g/mol. The largest absolute Gasteiger partial charge is 0.317 e. The van der Waals surface area contributed by atoms with Crippen LogP contribution in [-0.2, 0) is 9.84 Å². The Morgan fingerprint density at radius 3 is 2.32 bits per heavy atom. The lowest BCUT2D eigenvalue weighted by molar-refractivity contribution is 0.0895. The van der Waals surface area contributed by atoms with E-state index >= 15 is 0 Å². The maximum Gasteiger partial charge on any atom is 0.178 e. The highest BCUT2D eigenvalue weighted by Crippen LogP contribution is 2.20. The van der Waals surface area contributed by atoms with Crippen molar-refractivity contribution in [2.45, 2.75) is 24.7 Å². The second-order valence-electron chi connectivity index (χ2n) is 4.82. The quantitative estimate of drug-likeness (QED) is 0.853. The molecule has 0 saturated carbocycles. The molecule has 1 fully saturated rings. The number of carbonyl (C=O) groups excluding carboxylic acids is 1. The Kier molecular flexibility index (Phi) is 4.37. The number of sulfone groups is 1. The van der Waals surface area contributed by atoms with Crippen molar-refractivity contribution in [1.82, 2.24) is 5.32 Å². The summed E-state index contributed by atoms with van der Waals surface area (Å²) in [4.78, 5) is 12.5. The molecule has 1 heterocycles. The number of Topliss-reactive ketones (excluding diaryl/α,β-unsaturated/α-hetero) is 1. The number of hydrogen-bond donors (Lipinski definition) is 1. The van der Waals surface area contributed by atoms with Gasteiger partial charge in [-0.2, -0.15) is 0 Å². The number of rotatable bonds is 4. The Labute approximate surface area is 114 Å². The fourth-order valence-corrected chi connectivity index (χ4v) is 3.20. The Hall–Kier alpha value is -1.20. The van der Waals surface area contributed by atoms with Gasteiger partial charge in [0.2, 0.25) is 0 Å². The SMILES string of the molecule is CCS(=O)(=O)c1ccc(C(=O)C2CCNCC2)cc1. The molecule has 0 aliphatic carbocycles. The molecule has 1 N–H and O–H groups in total. The fraction of sp³-hybridized carbons (Fsp3) is 0.500. The van der Waals surface area contributed by atoms with Gasteiger partial charge in [0.15, 0.2) is 15.6 Å². The molecule has 5 heteroatoms. The zero-order valence-corrected chi connectivity index (χ0v) is 11.9. The van der Waals surface area contributed by atoms with Crippen LogP contribution in [0, 0.1) is 5.92 Å². The van der Waals surface area contributed by atoms with Gasteiger partial charge < -0.3 is 5.32 Å². The Morgan fingerprint density at radius 1 is 1.21 bits per heavy atom. The predicted octanol–water partition coefficient (Wildman–Crippen LogP) is 1.66. The van der Waals surface area contributed by atoms with Crippen LogP contribution in [0.15, 0.2) is 29.2 Å². The van der Waals surface area contributed by atoms with Gasteiger partial charge >= 0.3 is 0 Å². The van der Waals surface area contributed by atoms with Gasteiger partial charge in [-0.25, -0.2) is 8.42 Å². The van der Waals surface area contributed by atoms with Gasteiger partial charge in [0.25, 0.3) is 0 Å². The van der Waals surface area contributed by atoms with Crippen molar-refractivity contribution in [1.29, 1.82) is 0 Å². The van der Waals surface area contributed by atoms with Crippen LogP contribution in [-0.4, -0.2) is 33.0 Å². The maximum atomic E-state index is 12.3. The minimum atomic E-state index is -3.19. The molecule has 0 bridgehead atoms. The number of carbonyl (C=O) groups is 1. The van der Waals surface area contributed by atoms with Crippen molar-refractivity contribution >= 4 is 15.6 Å². The van der Waals surface area contributed by atoms with E-state index in [0.717, 1.165) is 25.9 Å². The van der Waals surface area contributed by atoms with E-state index in [4.69, 9.17) is 0 Å². The number of piperidine rings is 1. The summed E-state index contributed by atoms with van der Waals surface area (Å²) < 4.78 is 23.4. The molecular formula is C14H19NO3S. The van der Waals surface area contributed by atoms with Crippen LogP contribution in [0.1, 0.15) is 30.1 Å². The van der Waals surface area contributed by atoms with Crippen LogP contribution in [0.25, 0.3) is 0 Å². The number of nitrogens with one attached hydrogen (secondary N) is 1. The third-order valence-corrected chi connectivity index (χ3v) is 5.34. The molecule has 0 unspecified atom stereocenters. The molecular weight excluding hydrogens is 262 g/mol. The summed E-state index contributed by atoms with van der Waals surface area (Å²) >= 11 is 0. The lowest BCUT2D eigenvalue weighted by Crippen LogP contribution is -2.31. The van der Waals surface area contributed by atoms with E-state index < -0.39 is 9.84 Å². The Morgan fingerprint density at radius 2 is 1.79 bits per heavy atom. The maximum absolute atomic E-state index is 12.3. The third kappa shape index (κ3) is 3.22. The van der Waals surface area contributed by atoms with E-state index in [2.05, 4.69) is 5.32 Å². The van der Waals surface area contributed by atoms with Crippen molar-refractivity contribution in [3.8, 4) is 0 Å². The van der Waals surface area contributed by atoms with Crippen LogP contribution in [0.3, 0.4) is 0 Å². The lowest BCUT2D eigenvalue weighted by atomic mass is 9.90. The van der Waals surface area contributed by atoms with Gasteiger partial charge in [-0.1, -0.05) is 19.1 Å². The first-order valence-electron chi connectivity index (χ1n) is 6.62. The average Bonchev–Trinajstić information content (AvgIpc) is 2.47. The first-order valence-corrected chi connectivity index (χ1v) is 8.27. The summed E-state index contributed by atoms with van der Waals surface area (Å²) in [5, 5.41) is 3.23. The van der Waals surface area contributed by atoms with Gasteiger partial charge in [0.1, 0.15) is 0 Å². The number of hydrogen-bond acceptors (Lipinski definition) is 4. The van der Waals surface area contributed by atoms with E-state index in [0.29, 0.717) is 5.56 Å². The van der Waals surface area contributed by atoms with Gasteiger partial charge in [-0.15, -0.1) is 0 Å². The smallest absolute Gasteiger partial charge is 0.178 e. The molecule has 1 saturated heterocycles. The van der Waals surface area contributed by atoms with Crippen LogP contribution >= 0.6 is 0 Å². The molecule has 0 spiro atoms. The molecule has 1 aromatic carbocycles. The third-order valence-electron chi connectivity index (χ3n) is 3.59. The van der Waals surface area contributed by atoms with Crippen molar-refractivity contribution in [2.75, 3.05) is 18.8 Å². The number of ketones is 1. The first-order chi connectivity index (χ1) is 9.04. The van der Waals surface area contributed by atoms with Crippen LogP contribution < -0.4 is 5.32 Å². The topological polar surface area (TPSA) is 63.2 Å². The molecule has 1 aliphatic rings. The summed E-state index contributed by atoms with van der Waals surface area (Å²) in [7, 11) is -3.19. The molecule has 0 amide bonds. The van der Waals surface area contributed by atoms with Gasteiger partial charge in [0, 0.05) is 11.5 Å². The Bertz CT molecular complexity index is 543. The summed E-state index contributed by atoms with van der Waals surface area (Å²) in [5.74, 6) is 0.269. The van der Waals surface area contributed by atoms with Gasteiger partial charge in [-0.05, 0) is 38.1 Å². The monoisotopic (exact) mass is 281 g/mol. The van der Waals surface area contributed by atoms with E-state index in [1.165, 1.54) is 12.1 Å². The normalized spacial score (nSPS) is 17.3. The fourth-order valence-electron chi connectivity index (χ4n) is 2.31. The summed E-state index contributed by atoms with van der Waals surface area (Å²) in [6.07, 6.45) is 1.71. The van der Waals surface area contributed by atoms with E-state index in [1.54, 1.807) is 19.1 Å². The van der Waals surface area contributed by atoms with Gasteiger partial charge in [-0.3, -0.25) is 4.79 Å². The minimum absolute atomic E-state index is 0.0647. The molecule has 0 aromatic heterocycles. The number of benzene rings is 1. The van der Waals surface area contributed by atoms with Crippen LogP contribution in [0.2, 0.25) is 0 Å². The zero-order chi connectivity index (χ0) is 13.9. The van der Waals surface area contributed by atoms with Gasteiger partial charge in [0.05, 0.1) is 10.6 Å². The highest BCUT2D eigenvalue weighted by molar-refractivity contribution is 7.91. The lowest BCUT2D eigenvalue weighted by Gasteiger charge is -2.21. The molecule has 4 nitrogen and oxygen atoms in total. The van der Waals surface area contributed by atoms with E-state index in [9.17, 15) is 13.2 Å². The van der Waals surface area contributed by atoms with E-state index in [-0.39, 0.29) is 22.3 Å². The second kappa shape index (κ2) is 5.84. The highest BCUT2D eigenvalue weighted by atomic mass is 32.2. The van der Waals surface area contributed by atoms with Crippen molar-refractivity contribution in [3.05, 3.63) is 29.8 Å². The molecule has 0 atom stereocenters. The molecule has 2 rings (SSSR count). The summed E-state index contributed by atoms with van der Waals surface area (Å²) in [6.45, 7) is 3.36. The molecule has 1 aromatic rings. The van der Waals surface area contributed by atoms with Crippen molar-refractivity contribution in [3.63, 3.8) is 0 Å². The zero-order valence-electron chi connectivity index (χ0n) is 11.1. The predicted molar refractivity (Wildman–Crippen MR) is 74.1 cm³/mol. The minimum Gasteiger partial charge on any atom is -0.317 e.